The van der Waals surface area contributed by atoms with Crippen LogP contribution in [0.1, 0.15) is 18.4 Å². The van der Waals surface area contributed by atoms with E-state index in [0.717, 1.165) is 18.4 Å². The van der Waals surface area contributed by atoms with E-state index in [4.69, 9.17) is 0 Å². The minimum absolute atomic E-state index is 0.0290. The van der Waals surface area contributed by atoms with Crippen LogP contribution in [-0.2, 0) is 16.0 Å². The van der Waals surface area contributed by atoms with Gasteiger partial charge in [0.15, 0.2) is 0 Å². The average molecular weight is 278 g/mol. The van der Waals surface area contributed by atoms with Crippen molar-refractivity contribution in [1.29, 1.82) is 0 Å². The van der Waals surface area contributed by atoms with Gasteiger partial charge in [-0.3, -0.25) is 9.59 Å². The van der Waals surface area contributed by atoms with E-state index in [-0.39, 0.29) is 18.4 Å². The molecule has 1 saturated carbocycles. The molecule has 0 spiro atoms. The van der Waals surface area contributed by atoms with Gasteiger partial charge in [-0.1, -0.05) is 30.3 Å². The summed E-state index contributed by atoms with van der Waals surface area (Å²) in [6.45, 7) is 0.0290. The summed E-state index contributed by atoms with van der Waals surface area (Å²) in [6, 6.07) is 10.0. The molecule has 0 aromatic heterocycles. The first-order valence-corrected chi connectivity index (χ1v) is 6.96. The normalized spacial score (nSPS) is 15.6. The minimum atomic E-state index is -0.434. The van der Waals surface area contributed by atoms with E-state index >= 15 is 0 Å². The van der Waals surface area contributed by atoms with Crippen molar-refractivity contribution in [3.63, 3.8) is 0 Å². The molecule has 0 saturated heterocycles. The summed E-state index contributed by atoms with van der Waals surface area (Å²) >= 11 is 4.28. The topological polar surface area (TPSA) is 58.2 Å². The monoisotopic (exact) mass is 278 g/mol. The number of rotatable bonds is 6. The molecule has 0 aliphatic heterocycles. The zero-order chi connectivity index (χ0) is 13.7. The highest BCUT2D eigenvalue weighted by molar-refractivity contribution is 7.81. The Hall–Kier alpha value is -1.49. The Morgan fingerprint density at radius 2 is 1.95 bits per heavy atom. The second-order valence-corrected chi connectivity index (χ2v) is 5.39. The molecular weight excluding hydrogens is 260 g/mol. The third-order valence-corrected chi connectivity index (χ3v) is 3.36. The minimum Gasteiger partial charge on any atom is -0.352 e. The van der Waals surface area contributed by atoms with E-state index < -0.39 is 5.25 Å². The van der Waals surface area contributed by atoms with Crippen LogP contribution in [0.5, 0.6) is 0 Å². The maximum absolute atomic E-state index is 11.8. The first-order valence-electron chi connectivity index (χ1n) is 6.44. The van der Waals surface area contributed by atoms with Crippen LogP contribution in [0.3, 0.4) is 0 Å². The van der Waals surface area contributed by atoms with Crippen LogP contribution in [0.4, 0.5) is 0 Å². The first kappa shape index (κ1) is 13.9. The van der Waals surface area contributed by atoms with E-state index in [0.29, 0.717) is 12.5 Å². The molecule has 19 heavy (non-hydrogen) atoms. The Bertz CT molecular complexity index is 446. The van der Waals surface area contributed by atoms with Crippen molar-refractivity contribution in [1.82, 2.24) is 10.6 Å². The lowest BCUT2D eigenvalue weighted by atomic mass is 10.1. The molecule has 2 N–H and O–H groups in total. The number of thiol groups is 1. The molecule has 1 aliphatic rings. The second-order valence-electron chi connectivity index (χ2n) is 4.77. The predicted molar refractivity (Wildman–Crippen MR) is 77.1 cm³/mol. The SMILES string of the molecule is O=C(CNC(=O)C(S)Cc1ccccc1)NC1CC1. The van der Waals surface area contributed by atoms with Crippen LogP contribution < -0.4 is 10.6 Å². The molecular formula is C14H18N2O2S. The van der Waals surface area contributed by atoms with Crippen LogP contribution in [0.25, 0.3) is 0 Å². The number of benzene rings is 1. The zero-order valence-electron chi connectivity index (χ0n) is 10.6. The molecule has 1 atom stereocenters. The van der Waals surface area contributed by atoms with Gasteiger partial charge < -0.3 is 10.6 Å². The van der Waals surface area contributed by atoms with E-state index in [1.807, 2.05) is 30.3 Å². The van der Waals surface area contributed by atoms with Gasteiger partial charge in [-0.2, -0.15) is 12.6 Å². The lowest BCUT2D eigenvalue weighted by molar-refractivity contribution is -0.125. The highest BCUT2D eigenvalue weighted by Crippen LogP contribution is 2.18. The van der Waals surface area contributed by atoms with Crippen molar-refractivity contribution in [2.24, 2.45) is 0 Å². The molecule has 0 heterocycles. The van der Waals surface area contributed by atoms with Gasteiger partial charge in [0.05, 0.1) is 11.8 Å². The van der Waals surface area contributed by atoms with E-state index in [2.05, 4.69) is 23.3 Å². The summed E-state index contributed by atoms with van der Waals surface area (Å²) in [4.78, 5) is 23.2. The summed E-state index contributed by atoms with van der Waals surface area (Å²) in [5.41, 5.74) is 1.06. The fraction of sp³-hybridized carbons (Fsp3) is 0.429. The lowest BCUT2D eigenvalue weighted by Crippen LogP contribution is -2.41. The molecule has 1 aliphatic carbocycles. The number of amides is 2. The van der Waals surface area contributed by atoms with Crippen molar-refractivity contribution in [2.75, 3.05) is 6.54 Å². The van der Waals surface area contributed by atoms with E-state index in [1.54, 1.807) is 0 Å². The third-order valence-electron chi connectivity index (χ3n) is 2.94. The Kier molecular flexibility index (Phi) is 4.85. The Balaban J connectivity index is 1.71. The van der Waals surface area contributed by atoms with E-state index in [1.165, 1.54) is 0 Å². The number of carbonyl (C=O) groups excluding carboxylic acids is 2. The zero-order valence-corrected chi connectivity index (χ0v) is 11.5. The van der Waals surface area contributed by atoms with Crippen molar-refractivity contribution in [3.8, 4) is 0 Å². The van der Waals surface area contributed by atoms with Crippen molar-refractivity contribution < 1.29 is 9.59 Å². The molecule has 5 heteroatoms. The van der Waals surface area contributed by atoms with Crippen LogP contribution >= 0.6 is 12.6 Å². The average Bonchev–Trinajstić information content (AvgIpc) is 3.21. The highest BCUT2D eigenvalue weighted by Gasteiger charge is 2.23. The maximum atomic E-state index is 11.8. The maximum Gasteiger partial charge on any atom is 0.239 e. The lowest BCUT2D eigenvalue weighted by Gasteiger charge is -2.11. The molecule has 102 valence electrons. The quantitative estimate of drug-likeness (QED) is 0.678. The number of hydrogen-bond donors (Lipinski definition) is 3. The molecule has 1 aromatic rings. The Labute approximate surface area is 118 Å². The van der Waals surface area contributed by atoms with Gasteiger partial charge in [-0.25, -0.2) is 0 Å². The number of nitrogens with one attached hydrogen (secondary N) is 2. The number of hydrogen-bond acceptors (Lipinski definition) is 3. The van der Waals surface area contributed by atoms with Crippen LogP contribution in [0, 0.1) is 0 Å². The number of carbonyl (C=O) groups is 2. The first-order chi connectivity index (χ1) is 9.15. The smallest absolute Gasteiger partial charge is 0.239 e. The molecule has 1 aromatic carbocycles. The Morgan fingerprint density at radius 1 is 1.26 bits per heavy atom. The molecule has 2 rings (SSSR count). The van der Waals surface area contributed by atoms with Gasteiger partial charge in [-0.15, -0.1) is 0 Å². The second kappa shape index (κ2) is 6.61. The predicted octanol–water partition coefficient (Wildman–Crippen LogP) is 0.922. The molecule has 0 radical (unpaired) electrons. The van der Waals surface area contributed by atoms with E-state index in [9.17, 15) is 9.59 Å². The van der Waals surface area contributed by atoms with Crippen molar-refractivity contribution in [2.45, 2.75) is 30.6 Å². The summed E-state index contributed by atoms with van der Waals surface area (Å²) in [5, 5.41) is 4.99. The van der Waals surface area contributed by atoms with Crippen molar-refractivity contribution in [3.05, 3.63) is 35.9 Å². The highest BCUT2D eigenvalue weighted by atomic mass is 32.1. The van der Waals surface area contributed by atoms with Gasteiger partial charge in [0.25, 0.3) is 0 Å². The molecule has 0 bridgehead atoms. The summed E-state index contributed by atoms with van der Waals surface area (Å²) < 4.78 is 0. The molecule has 2 amide bonds. The fourth-order valence-electron chi connectivity index (χ4n) is 1.72. The Morgan fingerprint density at radius 3 is 2.58 bits per heavy atom. The van der Waals surface area contributed by atoms with Crippen LogP contribution in [0.15, 0.2) is 30.3 Å². The van der Waals surface area contributed by atoms with Gasteiger partial charge >= 0.3 is 0 Å². The third kappa shape index (κ3) is 4.95. The summed E-state index contributed by atoms with van der Waals surface area (Å²) in [7, 11) is 0. The van der Waals surface area contributed by atoms with Crippen LogP contribution in [-0.4, -0.2) is 29.7 Å². The van der Waals surface area contributed by atoms with Crippen molar-refractivity contribution >= 4 is 24.4 Å². The molecule has 4 nitrogen and oxygen atoms in total. The van der Waals surface area contributed by atoms with Gasteiger partial charge in [0, 0.05) is 6.04 Å². The van der Waals surface area contributed by atoms with Gasteiger partial charge in [0.2, 0.25) is 11.8 Å². The van der Waals surface area contributed by atoms with Gasteiger partial charge in [-0.05, 0) is 24.8 Å². The fourth-order valence-corrected chi connectivity index (χ4v) is 2.02. The summed E-state index contributed by atoms with van der Waals surface area (Å²) in [6.07, 6.45) is 2.64. The standard InChI is InChI=1S/C14H18N2O2S/c17-13(16-11-6-7-11)9-15-14(18)12(19)8-10-4-2-1-3-5-10/h1-5,11-12,19H,6-9H2,(H,15,18)(H,16,17). The summed E-state index contributed by atoms with van der Waals surface area (Å²) in [5.74, 6) is -0.339. The van der Waals surface area contributed by atoms with Crippen LogP contribution in [0.2, 0.25) is 0 Å². The molecule has 1 fully saturated rings. The largest absolute Gasteiger partial charge is 0.352 e. The van der Waals surface area contributed by atoms with Gasteiger partial charge in [0.1, 0.15) is 0 Å². The molecule has 1 unspecified atom stereocenters.